The molecule has 10 heteroatoms. The molecule has 2 aromatic heterocycles. The first-order valence-electron chi connectivity index (χ1n) is 8.04. The molecule has 2 heterocycles. The van der Waals surface area contributed by atoms with Crippen molar-refractivity contribution in [2.24, 2.45) is 0 Å². The first-order valence-corrected chi connectivity index (χ1v) is 8.41. The van der Waals surface area contributed by atoms with E-state index in [1.54, 1.807) is 12.1 Å². The molecule has 28 heavy (non-hydrogen) atoms. The van der Waals surface area contributed by atoms with Crippen LogP contribution in [0.4, 0.5) is 19.0 Å². The standard InChI is InChI=1S/C18H14ClF3N4O2/c1-10(8-9-27)23-15-11-6-7-14(18(20,21)22)24-16(11)26(17(28)25-15)13-5-3-2-4-12(13)19/h2-7,27H,1,8-9H2,(H,23,25,28). The summed E-state index contributed by atoms with van der Waals surface area (Å²) >= 11 is 6.13. The van der Waals surface area contributed by atoms with Gasteiger partial charge < -0.3 is 10.4 Å². The van der Waals surface area contributed by atoms with E-state index in [2.05, 4.69) is 21.9 Å². The number of alkyl halides is 3. The van der Waals surface area contributed by atoms with Crippen LogP contribution in [-0.4, -0.2) is 26.2 Å². The maximum Gasteiger partial charge on any atom is 0.433 e. The van der Waals surface area contributed by atoms with Crippen LogP contribution in [0.5, 0.6) is 0 Å². The predicted molar refractivity (Wildman–Crippen MR) is 99.6 cm³/mol. The van der Waals surface area contributed by atoms with E-state index in [1.807, 2.05) is 0 Å². The van der Waals surface area contributed by atoms with Crippen LogP contribution < -0.4 is 11.0 Å². The molecular formula is C18H14ClF3N4O2. The number of hydrogen-bond donors (Lipinski definition) is 2. The van der Waals surface area contributed by atoms with Crippen LogP contribution in [0, 0.1) is 0 Å². The average molecular weight is 411 g/mol. The zero-order chi connectivity index (χ0) is 20.5. The minimum absolute atomic E-state index is 0.0111. The summed E-state index contributed by atoms with van der Waals surface area (Å²) in [4.78, 5) is 20.2. The zero-order valence-corrected chi connectivity index (χ0v) is 15.1. The lowest BCUT2D eigenvalue weighted by Crippen LogP contribution is -2.25. The molecule has 0 aliphatic rings. The molecule has 0 atom stereocenters. The van der Waals surface area contributed by atoms with Crippen molar-refractivity contribution >= 4 is 28.5 Å². The monoisotopic (exact) mass is 410 g/mol. The lowest BCUT2D eigenvalue weighted by atomic mass is 10.2. The van der Waals surface area contributed by atoms with Crippen molar-refractivity contribution in [3.8, 4) is 5.69 Å². The third-order valence-corrected chi connectivity index (χ3v) is 4.15. The third-order valence-electron chi connectivity index (χ3n) is 3.83. The quantitative estimate of drug-likeness (QED) is 0.669. The van der Waals surface area contributed by atoms with Crippen LogP contribution in [0.2, 0.25) is 5.02 Å². The molecule has 0 unspecified atom stereocenters. The smallest absolute Gasteiger partial charge is 0.396 e. The maximum absolute atomic E-state index is 13.2. The Morgan fingerprint density at radius 2 is 1.93 bits per heavy atom. The van der Waals surface area contributed by atoms with Gasteiger partial charge >= 0.3 is 11.9 Å². The van der Waals surface area contributed by atoms with Gasteiger partial charge in [0, 0.05) is 18.7 Å². The fourth-order valence-electron chi connectivity index (χ4n) is 2.57. The fraction of sp³-hybridized carbons (Fsp3) is 0.167. The van der Waals surface area contributed by atoms with Gasteiger partial charge in [0.25, 0.3) is 0 Å². The Balaban J connectivity index is 2.34. The van der Waals surface area contributed by atoms with Gasteiger partial charge in [0.05, 0.1) is 16.1 Å². The molecule has 0 saturated heterocycles. The minimum atomic E-state index is -4.70. The number of aliphatic hydroxyl groups is 1. The molecule has 0 saturated carbocycles. The van der Waals surface area contributed by atoms with Crippen LogP contribution in [0.1, 0.15) is 12.1 Å². The molecule has 0 fully saturated rings. The molecule has 1 aromatic carbocycles. The van der Waals surface area contributed by atoms with Gasteiger partial charge in [-0.15, -0.1) is 0 Å². The van der Waals surface area contributed by atoms with Crippen LogP contribution >= 0.6 is 11.6 Å². The van der Waals surface area contributed by atoms with Gasteiger partial charge in [-0.2, -0.15) is 18.2 Å². The topological polar surface area (TPSA) is 80.0 Å². The molecule has 0 bridgehead atoms. The van der Waals surface area contributed by atoms with Crippen molar-refractivity contribution in [1.29, 1.82) is 0 Å². The third kappa shape index (κ3) is 3.85. The van der Waals surface area contributed by atoms with E-state index < -0.39 is 17.6 Å². The molecule has 0 aliphatic carbocycles. The van der Waals surface area contributed by atoms with Crippen LogP contribution in [0.15, 0.2) is 53.5 Å². The maximum atomic E-state index is 13.2. The number of benzene rings is 1. The number of anilines is 1. The zero-order valence-electron chi connectivity index (χ0n) is 14.3. The highest BCUT2D eigenvalue weighted by Gasteiger charge is 2.33. The van der Waals surface area contributed by atoms with Crippen molar-refractivity contribution in [3.63, 3.8) is 0 Å². The van der Waals surface area contributed by atoms with Gasteiger partial charge in [-0.25, -0.2) is 14.3 Å². The highest BCUT2D eigenvalue weighted by molar-refractivity contribution is 6.32. The van der Waals surface area contributed by atoms with Gasteiger partial charge in [0.2, 0.25) is 0 Å². The molecule has 0 aliphatic heterocycles. The minimum Gasteiger partial charge on any atom is -0.396 e. The Bertz CT molecular complexity index is 1110. The Kier molecular flexibility index (Phi) is 5.39. The summed E-state index contributed by atoms with van der Waals surface area (Å²) in [5.74, 6) is -0.0111. The number of aromatic nitrogens is 3. The van der Waals surface area contributed by atoms with Gasteiger partial charge in [-0.05, 0) is 24.3 Å². The van der Waals surface area contributed by atoms with E-state index in [1.165, 1.54) is 18.2 Å². The summed E-state index contributed by atoms with van der Waals surface area (Å²) in [5.41, 5.74) is -1.80. The van der Waals surface area contributed by atoms with Gasteiger partial charge in [-0.1, -0.05) is 30.3 Å². The first-order chi connectivity index (χ1) is 13.2. The van der Waals surface area contributed by atoms with E-state index in [9.17, 15) is 18.0 Å². The molecule has 0 radical (unpaired) electrons. The number of pyridine rings is 1. The molecule has 0 amide bonds. The second-order valence-electron chi connectivity index (χ2n) is 5.80. The Morgan fingerprint density at radius 1 is 1.21 bits per heavy atom. The summed E-state index contributed by atoms with van der Waals surface area (Å²) in [6.45, 7) is 3.49. The SMILES string of the molecule is C=C(CCO)Nc1nc(=O)n(-c2ccccc2Cl)c2nc(C(F)(F)F)ccc12. The van der Waals surface area contributed by atoms with Crippen molar-refractivity contribution in [2.75, 3.05) is 11.9 Å². The highest BCUT2D eigenvalue weighted by atomic mass is 35.5. The van der Waals surface area contributed by atoms with Crippen LogP contribution in [0.3, 0.4) is 0 Å². The Hall–Kier alpha value is -2.91. The molecular weight excluding hydrogens is 397 g/mol. The van der Waals surface area contributed by atoms with Crippen LogP contribution in [0.25, 0.3) is 16.7 Å². The van der Waals surface area contributed by atoms with E-state index in [0.29, 0.717) is 5.70 Å². The number of para-hydroxylation sites is 1. The summed E-state index contributed by atoms with van der Waals surface area (Å²) in [6, 6.07) is 8.14. The van der Waals surface area contributed by atoms with Gasteiger partial charge in [-0.3, -0.25) is 0 Å². The van der Waals surface area contributed by atoms with Crippen molar-refractivity contribution in [3.05, 3.63) is 69.9 Å². The normalized spacial score (nSPS) is 11.6. The second-order valence-corrected chi connectivity index (χ2v) is 6.20. The molecule has 146 valence electrons. The lowest BCUT2D eigenvalue weighted by molar-refractivity contribution is -0.141. The number of aliphatic hydroxyl groups excluding tert-OH is 1. The number of rotatable bonds is 5. The number of nitrogens with zero attached hydrogens (tertiary/aromatic N) is 3. The van der Waals surface area contributed by atoms with E-state index in [-0.39, 0.29) is 40.6 Å². The largest absolute Gasteiger partial charge is 0.433 e. The van der Waals surface area contributed by atoms with E-state index in [0.717, 1.165) is 10.6 Å². The summed E-state index contributed by atoms with van der Waals surface area (Å²) in [7, 11) is 0. The lowest BCUT2D eigenvalue weighted by Gasteiger charge is -2.16. The fourth-order valence-corrected chi connectivity index (χ4v) is 2.79. The van der Waals surface area contributed by atoms with E-state index in [4.69, 9.17) is 16.7 Å². The van der Waals surface area contributed by atoms with Crippen molar-refractivity contribution in [1.82, 2.24) is 14.5 Å². The Labute approximate surface area is 161 Å². The molecule has 3 aromatic rings. The molecule has 2 N–H and O–H groups in total. The number of halogens is 4. The van der Waals surface area contributed by atoms with Crippen molar-refractivity contribution in [2.45, 2.75) is 12.6 Å². The highest BCUT2D eigenvalue weighted by Crippen LogP contribution is 2.31. The molecule has 6 nitrogen and oxygen atoms in total. The van der Waals surface area contributed by atoms with E-state index >= 15 is 0 Å². The van der Waals surface area contributed by atoms with Gasteiger partial charge in [0.1, 0.15) is 11.5 Å². The summed E-state index contributed by atoms with van der Waals surface area (Å²) < 4.78 is 40.5. The van der Waals surface area contributed by atoms with Gasteiger partial charge in [0.15, 0.2) is 5.65 Å². The average Bonchev–Trinajstić information content (AvgIpc) is 2.62. The number of nitrogens with one attached hydrogen (secondary N) is 1. The summed E-state index contributed by atoms with van der Waals surface area (Å²) in [6.07, 6.45) is -4.53. The molecule has 0 spiro atoms. The number of hydrogen-bond acceptors (Lipinski definition) is 5. The van der Waals surface area contributed by atoms with Crippen LogP contribution in [-0.2, 0) is 6.18 Å². The predicted octanol–water partition coefficient (Wildman–Crippen LogP) is 3.76. The number of fused-ring (bicyclic) bond motifs is 1. The Morgan fingerprint density at radius 3 is 2.57 bits per heavy atom. The summed E-state index contributed by atoms with van der Waals surface area (Å²) in [5, 5.41) is 12.0. The molecule has 3 rings (SSSR count). The second kappa shape index (κ2) is 7.61. The van der Waals surface area contributed by atoms with Crippen molar-refractivity contribution < 1.29 is 18.3 Å². The first kappa shape index (κ1) is 19.8.